The molecule has 0 fully saturated rings. The number of benzene rings is 2. The molecule has 0 amide bonds. The highest BCUT2D eigenvalue weighted by Gasteiger charge is 2.12. The highest BCUT2D eigenvalue weighted by Crippen LogP contribution is 2.31. The van der Waals surface area contributed by atoms with Gasteiger partial charge in [-0.1, -0.05) is 25.1 Å². The number of rotatable bonds is 4. The summed E-state index contributed by atoms with van der Waals surface area (Å²) in [7, 11) is 0. The van der Waals surface area contributed by atoms with Gasteiger partial charge >= 0.3 is 0 Å². The Labute approximate surface area is 118 Å². The van der Waals surface area contributed by atoms with E-state index in [2.05, 4.69) is 6.92 Å². The van der Waals surface area contributed by atoms with Gasteiger partial charge in [-0.25, -0.2) is 0 Å². The molecule has 0 saturated heterocycles. The molecular formula is C17H17NO2. The topological polar surface area (TPSA) is 48.4 Å². The SMILES string of the molecule is CCc1c(CN)oc2ccc(Oc3ccccc3)cc12. The second kappa shape index (κ2) is 5.39. The molecule has 0 aliphatic carbocycles. The number of fused-ring (bicyclic) bond motifs is 1. The Kier molecular flexibility index (Phi) is 3.44. The molecule has 1 aromatic heterocycles. The monoisotopic (exact) mass is 267 g/mol. The second-order valence-electron chi connectivity index (χ2n) is 4.63. The first-order chi connectivity index (χ1) is 9.81. The van der Waals surface area contributed by atoms with Crippen molar-refractivity contribution in [3.8, 4) is 11.5 Å². The number of para-hydroxylation sites is 1. The van der Waals surface area contributed by atoms with Crippen molar-refractivity contribution in [2.75, 3.05) is 0 Å². The first-order valence-electron chi connectivity index (χ1n) is 6.79. The Morgan fingerprint density at radius 1 is 1.05 bits per heavy atom. The fourth-order valence-corrected chi connectivity index (χ4v) is 2.42. The molecule has 2 N–H and O–H groups in total. The van der Waals surface area contributed by atoms with Crippen LogP contribution in [0.4, 0.5) is 0 Å². The molecule has 0 atom stereocenters. The van der Waals surface area contributed by atoms with Crippen molar-refractivity contribution in [1.82, 2.24) is 0 Å². The number of ether oxygens (including phenoxy) is 1. The van der Waals surface area contributed by atoms with Crippen LogP contribution in [0.5, 0.6) is 11.5 Å². The summed E-state index contributed by atoms with van der Waals surface area (Å²) in [5.41, 5.74) is 7.76. The van der Waals surface area contributed by atoms with Crippen LogP contribution in [0.15, 0.2) is 52.9 Å². The van der Waals surface area contributed by atoms with Crippen LogP contribution in [0, 0.1) is 0 Å². The van der Waals surface area contributed by atoms with E-state index in [-0.39, 0.29) is 0 Å². The molecular weight excluding hydrogens is 250 g/mol. The lowest BCUT2D eigenvalue weighted by Crippen LogP contribution is -1.97. The van der Waals surface area contributed by atoms with Gasteiger partial charge in [0, 0.05) is 10.9 Å². The Bertz CT molecular complexity index is 716. The van der Waals surface area contributed by atoms with Gasteiger partial charge in [0.2, 0.25) is 0 Å². The van der Waals surface area contributed by atoms with Gasteiger partial charge in [0.25, 0.3) is 0 Å². The molecule has 0 aliphatic heterocycles. The minimum atomic E-state index is 0.423. The number of furan rings is 1. The van der Waals surface area contributed by atoms with Gasteiger partial charge in [0.1, 0.15) is 22.8 Å². The lowest BCUT2D eigenvalue weighted by molar-refractivity contribution is 0.483. The number of hydrogen-bond acceptors (Lipinski definition) is 3. The predicted molar refractivity (Wildman–Crippen MR) is 80.0 cm³/mol. The standard InChI is InChI=1S/C17H17NO2/c1-2-14-15-10-13(19-12-6-4-3-5-7-12)8-9-16(15)20-17(14)11-18/h3-10H,2,11,18H2,1H3. The largest absolute Gasteiger partial charge is 0.459 e. The summed E-state index contributed by atoms with van der Waals surface area (Å²) in [6.07, 6.45) is 0.897. The molecule has 0 saturated carbocycles. The van der Waals surface area contributed by atoms with Crippen LogP contribution in [0.25, 0.3) is 11.0 Å². The van der Waals surface area contributed by atoms with E-state index in [0.29, 0.717) is 6.54 Å². The zero-order valence-corrected chi connectivity index (χ0v) is 11.4. The summed E-state index contributed by atoms with van der Waals surface area (Å²) in [4.78, 5) is 0. The average Bonchev–Trinajstić information content (AvgIpc) is 2.85. The average molecular weight is 267 g/mol. The van der Waals surface area contributed by atoms with E-state index < -0.39 is 0 Å². The zero-order chi connectivity index (χ0) is 13.9. The normalized spacial score (nSPS) is 10.9. The van der Waals surface area contributed by atoms with Crippen LogP contribution in [-0.2, 0) is 13.0 Å². The lowest BCUT2D eigenvalue weighted by atomic mass is 10.1. The summed E-state index contributed by atoms with van der Waals surface area (Å²) in [5.74, 6) is 2.49. The molecule has 0 unspecified atom stereocenters. The zero-order valence-electron chi connectivity index (χ0n) is 11.4. The van der Waals surface area contributed by atoms with Crippen LogP contribution in [-0.4, -0.2) is 0 Å². The highest BCUT2D eigenvalue weighted by atomic mass is 16.5. The third-order valence-corrected chi connectivity index (χ3v) is 3.36. The maximum atomic E-state index is 5.86. The van der Waals surface area contributed by atoms with Crippen molar-refractivity contribution < 1.29 is 9.15 Å². The van der Waals surface area contributed by atoms with Gasteiger partial charge in [0.05, 0.1) is 6.54 Å². The van der Waals surface area contributed by atoms with Crippen molar-refractivity contribution in [2.45, 2.75) is 19.9 Å². The number of nitrogens with two attached hydrogens (primary N) is 1. The van der Waals surface area contributed by atoms with E-state index in [1.54, 1.807) is 0 Å². The fraction of sp³-hybridized carbons (Fsp3) is 0.176. The molecule has 0 radical (unpaired) electrons. The molecule has 102 valence electrons. The van der Waals surface area contributed by atoms with E-state index >= 15 is 0 Å². The molecule has 0 bridgehead atoms. The Morgan fingerprint density at radius 3 is 2.55 bits per heavy atom. The Balaban J connectivity index is 2.01. The van der Waals surface area contributed by atoms with Gasteiger partial charge in [-0.15, -0.1) is 0 Å². The molecule has 0 aliphatic rings. The van der Waals surface area contributed by atoms with Gasteiger partial charge in [0.15, 0.2) is 0 Å². The van der Waals surface area contributed by atoms with Gasteiger partial charge in [-0.3, -0.25) is 0 Å². The molecule has 3 rings (SSSR count). The summed E-state index contributed by atoms with van der Waals surface area (Å²) in [6.45, 7) is 2.53. The number of hydrogen-bond donors (Lipinski definition) is 1. The summed E-state index contributed by atoms with van der Waals surface area (Å²) in [5, 5.41) is 1.08. The van der Waals surface area contributed by atoms with Crippen molar-refractivity contribution in [1.29, 1.82) is 0 Å². The molecule has 3 aromatic rings. The molecule has 3 nitrogen and oxygen atoms in total. The first-order valence-corrected chi connectivity index (χ1v) is 6.79. The summed E-state index contributed by atoms with van der Waals surface area (Å²) < 4.78 is 11.6. The molecule has 2 aromatic carbocycles. The Hall–Kier alpha value is -2.26. The van der Waals surface area contributed by atoms with Crippen molar-refractivity contribution in [3.63, 3.8) is 0 Å². The minimum Gasteiger partial charge on any atom is -0.459 e. The van der Waals surface area contributed by atoms with E-state index in [0.717, 1.165) is 34.6 Å². The van der Waals surface area contributed by atoms with E-state index in [1.165, 1.54) is 5.56 Å². The van der Waals surface area contributed by atoms with Crippen LogP contribution < -0.4 is 10.5 Å². The van der Waals surface area contributed by atoms with E-state index in [4.69, 9.17) is 14.9 Å². The van der Waals surface area contributed by atoms with Gasteiger partial charge < -0.3 is 14.9 Å². The highest BCUT2D eigenvalue weighted by molar-refractivity contribution is 5.83. The summed E-state index contributed by atoms with van der Waals surface area (Å²) in [6, 6.07) is 15.6. The van der Waals surface area contributed by atoms with E-state index in [1.807, 2.05) is 48.5 Å². The number of aryl methyl sites for hydroxylation is 1. The predicted octanol–water partition coefficient (Wildman–Crippen LogP) is 4.25. The van der Waals surface area contributed by atoms with E-state index in [9.17, 15) is 0 Å². The van der Waals surface area contributed by atoms with Crippen molar-refractivity contribution in [2.24, 2.45) is 5.73 Å². The van der Waals surface area contributed by atoms with Crippen LogP contribution in [0.1, 0.15) is 18.2 Å². The smallest absolute Gasteiger partial charge is 0.134 e. The van der Waals surface area contributed by atoms with Gasteiger partial charge in [-0.05, 0) is 36.8 Å². The second-order valence-corrected chi connectivity index (χ2v) is 4.63. The first kappa shape index (κ1) is 12.8. The summed E-state index contributed by atoms with van der Waals surface area (Å²) >= 11 is 0. The maximum absolute atomic E-state index is 5.86. The van der Waals surface area contributed by atoms with Crippen LogP contribution >= 0.6 is 0 Å². The quantitative estimate of drug-likeness (QED) is 0.768. The molecule has 20 heavy (non-hydrogen) atoms. The minimum absolute atomic E-state index is 0.423. The molecule has 1 heterocycles. The fourth-order valence-electron chi connectivity index (χ4n) is 2.42. The van der Waals surface area contributed by atoms with Crippen molar-refractivity contribution >= 4 is 11.0 Å². The van der Waals surface area contributed by atoms with Crippen LogP contribution in [0.3, 0.4) is 0 Å². The maximum Gasteiger partial charge on any atom is 0.134 e. The van der Waals surface area contributed by atoms with Crippen LogP contribution in [0.2, 0.25) is 0 Å². The third kappa shape index (κ3) is 2.28. The molecule has 3 heteroatoms. The lowest BCUT2D eigenvalue weighted by Gasteiger charge is -2.05. The van der Waals surface area contributed by atoms with Crippen molar-refractivity contribution in [3.05, 3.63) is 59.9 Å². The van der Waals surface area contributed by atoms with Gasteiger partial charge in [-0.2, -0.15) is 0 Å². The third-order valence-electron chi connectivity index (χ3n) is 3.36. The Morgan fingerprint density at radius 2 is 1.85 bits per heavy atom. The molecule has 0 spiro atoms.